The molecule has 4 nitrogen and oxygen atoms in total. The molecular formula is C17H14F2N2O2S. The van der Waals surface area contributed by atoms with Gasteiger partial charge in [0.05, 0.1) is 10.9 Å². The van der Waals surface area contributed by atoms with Gasteiger partial charge in [0.1, 0.15) is 10.6 Å². The molecule has 0 aliphatic carbocycles. The Balaban J connectivity index is 1.74. The van der Waals surface area contributed by atoms with E-state index in [9.17, 15) is 13.6 Å². The fraction of sp³-hybridized carbons (Fsp3) is 0.176. The average Bonchev–Trinajstić information content (AvgIpc) is 2.98. The summed E-state index contributed by atoms with van der Waals surface area (Å²) < 4.78 is 29.0. The first-order valence-electron chi connectivity index (χ1n) is 7.23. The fourth-order valence-corrected chi connectivity index (χ4v) is 3.20. The predicted octanol–water partition coefficient (Wildman–Crippen LogP) is 4.39. The number of halogens is 2. The van der Waals surface area contributed by atoms with Gasteiger partial charge in [-0.3, -0.25) is 4.79 Å². The Bertz CT molecular complexity index is 833. The van der Waals surface area contributed by atoms with Gasteiger partial charge < -0.3 is 10.1 Å². The molecule has 1 atom stereocenters. The van der Waals surface area contributed by atoms with Crippen LogP contribution in [0.15, 0.2) is 48.7 Å². The zero-order chi connectivity index (χ0) is 17.1. The second-order valence-electron chi connectivity index (χ2n) is 5.15. The highest BCUT2D eigenvalue weighted by atomic mass is 32.1. The Morgan fingerprint density at radius 3 is 2.83 bits per heavy atom. The minimum absolute atomic E-state index is 0.0645. The van der Waals surface area contributed by atoms with Crippen molar-refractivity contribution in [1.29, 1.82) is 0 Å². The number of fused-ring (bicyclic) bond motifs is 1. The van der Waals surface area contributed by atoms with E-state index in [0.29, 0.717) is 10.4 Å². The summed E-state index contributed by atoms with van der Waals surface area (Å²) in [6.07, 6.45) is 1.68. The van der Waals surface area contributed by atoms with Crippen molar-refractivity contribution in [3.63, 3.8) is 0 Å². The lowest BCUT2D eigenvalue weighted by molar-refractivity contribution is -0.0499. The maximum atomic E-state index is 12.4. The molecule has 2 heterocycles. The van der Waals surface area contributed by atoms with Gasteiger partial charge in [-0.05, 0) is 36.8 Å². The van der Waals surface area contributed by atoms with Crippen LogP contribution in [0.25, 0.3) is 10.2 Å². The van der Waals surface area contributed by atoms with Crippen LogP contribution >= 0.6 is 11.3 Å². The van der Waals surface area contributed by atoms with E-state index in [0.717, 1.165) is 10.2 Å². The van der Waals surface area contributed by atoms with Crippen molar-refractivity contribution in [3.05, 3.63) is 59.1 Å². The normalized spacial score (nSPS) is 12.3. The zero-order valence-electron chi connectivity index (χ0n) is 12.7. The number of aromatic nitrogens is 1. The minimum atomic E-state index is -2.88. The molecule has 24 heavy (non-hydrogen) atoms. The molecule has 3 aromatic rings. The van der Waals surface area contributed by atoms with Crippen molar-refractivity contribution >= 4 is 27.5 Å². The van der Waals surface area contributed by atoms with Crippen LogP contribution < -0.4 is 10.1 Å². The summed E-state index contributed by atoms with van der Waals surface area (Å²) in [5.41, 5.74) is 0.681. The van der Waals surface area contributed by atoms with Gasteiger partial charge in [0.2, 0.25) is 0 Å². The lowest BCUT2D eigenvalue weighted by Gasteiger charge is -2.15. The molecule has 0 spiro atoms. The van der Waals surface area contributed by atoms with Gasteiger partial charge in [-0.25, -0.2) is 4.98 Å². The SMILES string of the molecule is CC(NC(=O)c1cc2cccnc2s1)c1cccc(OC(F)F)c1. The molecular weight excluding hydrogens is 334 g/mol. The number of nitrogens with one attached hydrogen (secondary N) is 1. The summed E-state index contributed by atoms with van der Waals surface area (Å²) in [4.78, 5) is 17.9. The standard InChI is InChI=1S/C17H14F2N2O2S/c1-10(11-4-2-6-13(8-11)23-17(18)19)21-15(22)14-9-12-5-3-7-20-16(12)24-14/h2-10,17H,1H3,(H,21,22). The van der Waals surface area contributed by atoms with E-state index in [2.05, 4.69) is 15.0 Å². The Hall–Kier alpha value is -2.54. The first kappa shape index (κ1) is 16.3. The van der Waals surface area contributed by atoms with Gasteiger partial charge in [-0.15, -0.1) is 11.3 Å². The second kappa shape index (κ2) is 6.92. The molecule has 3 rings (SSSR count). The molecule has 0 saturated carbocycles. The summed E-state index contributed by atoms with van der Waals surface area (Å²) in [5, 5.41) is 3.76. The van der Waals surface area contributed by atoms with E-state index in [-0.39, 0.29) is 17.7 Å². The van der Waals surface area contributed by atoms with Crippen molar-refractivity contribution in [3.8, 4) is 5.75 Å². The molecule has 0 aliphatic heterocycles. The Labute approximate surface area is 141 Å². The average molecular weight is 348 g/mol. The third kappa shape index (κ3) is 3.68. The molecule has 0 radical (unpaired) electrons. The van der Waals surface area contributed by atoms with Crippen molar-refractivity contribution in [2.24, 2.45) is 0 Å². The number of hydrogen-bond donors (Lipinski definition) is 1. The summed E-state index contributed by atoms with van der Waals surface area (Å²) in [6.45, 7) is -1.10. The number of ether oxygens (including phenoxy) is 1. The third-order valence-electron chi connectivity index (χ3n) is 3.45. The number of carbonyl (C=O) groups is 1. The molecule has 2 aromatic heterocycles. The minimum Gasteiger partial charge on any atom is -0.435 e. The maximum absolute atomic E-state index is 12.4. The highest BCUT2D eigenvalue weighted by Crippen LogP contribution is 2.25. The number of nitrogens with zero attached hydrogens (tertiary/aromatic N) is 1. The van der Waals surface area contributed by atoms with Crippen molar-refractivity contribution < 1.29 is 18.3 Å². The van der Waals surface area contributed by atoms with Gasteiger partial charge in [-0.1, -0.05) is 18.2 Å². The van der Waals surface area contributed by atoms with Crippen LogP contribution in [-0.4, -0.2) is 17.5 Å². The van der Waals surface area contributed by atoms with E-state index >= 15 is 0 Å². The van der Waals surface area contributed by atoms with Crippen LogP contribution in [0.1, 0.15) is 28.2 Å². The number of alkyl halides is 2. The molecule has 0 bridgehead atoms. The van der Waals surface area contributed by atoms with Gasteiger partial charge >= 0.3 is 6.61 Å². The summed E-state index contributed by atoms with van der Waals surface area (Å²) in [6, 6.07) is 11.4. The maximum Gasteiger partial charge on any atom is 0.387 e. The Morgan fingerprint density at radius 2 is 2.08 bits per heavy atom. The number of thiophene rings is 1. The van der Waals surface area contributed by atoms with Crippen LogP contribution in [-0.2, 0) is 0 Å². The predicted molar refractivity (Wildman–Crippen MR) is 88.6 cm³/mol. The van der Waals surface area contributed by atoms with E-state index in [1.54, 1.807) is 31.3 Å². The Kier molecular flexibility index (Phi) is 4.71. The topological polar surface area (TPSA) is 51.2 Å². The van der Waals surface area contributed by atoms with E-state index in [1.165, 1.54) is 23.5 Å². The van der Waals surface area contributed by atoms with E-state index in [4.69, 9.17) is 0 Å². The first-order chi connectivity index (χ1) is 11.5. The quantitative estimate of drug-likeness (QED) is 0.744. The molecule has 0 saturated heterocycles. The fourth-order valence-electron chi connectivity index (χ4n) is 2.30. The van der Waals surface area contributed by atoms with Crippen LogP contribution in [0.3, 0.4) is 0 Å². The molecule has 7 heteroatoms. The number of rotatable bonds is 5. The lowest BCUT2D eigenvalue weighted by Crippen LogP contribution is -2.25. The van der Waals surface area contributed by atoms with Crippen LogP contribution in [0.5, 0.6) is 5.75 Å². The number of amides is 1. The summed E-state index contributed by atoms with van der Waals surface area (Å²) >= 11 is 1.31. The van der Waals surface area contributed by atoms with Crippen molar-refractivity contribution in [2.45, 2.75) is 19.6 Å². The second-order valence-corrected chi connectivity index (χ2v) is 6.19. The van der Waals surface area contributed by atoms with Gasteiger partial charge in [0.15, 0.2) is 0 Å². The molecule has 1 aromatic carbocycles. The molecule has 0 aliphatic rings. The van der Waals surface area contributed by atoms with Crippen molar-refractivity contribution in [2.75, 3.05) is 0 Å². The highest BCUT2D eigenvalue weighted by molar-refractivity contribution is 7.20. The van der Waals surface area contributed by atoms with Gasteiger partial charge in [0.25, 0.3) is 5.91 Å². The first-order valence-corrected chi connectivity index (χ1v) is 8.05. The lowest BCUT2D eigenvalue weighted by atomic mass is 10.1. The Morgan fingerprint density at radius 1 is 1.25 bits per heavy atom. The number of carbonyl (C=O) groups excluding carboxylic acids is 1. The van der Waals surface area contributed by atoms with Gasteiger partial charge in [0, 0.05) is 11.6 Å². The summed E-state index contributed by atoms with van der Waals surface area (Å²) in [7, 11) is 0. The summed E-state index contributed by atoms with van der Waals surface area (Å²) in [5.74, 6) is -0.166. The molecule has 1 N–H and O–H groups in total. The van der Waals surface area contributed by atoms with Crippen LogP contribution in [0, 0.1) is 0 Å². The number of benzene rings is 1. The van der Waals surface area contributed by atoms with Crippen LogP contribution in [0.2, 0.25) is 0 Å². The number of hydrogen-bond acceptors (Lipinski definition) is 4. The molecule has 0 fully saturated rings. The zero-order valence-corrected chi connectivity index (χ0v) is 13.5. The monoisotopic (exact) mass is 348 g/mol. The third-order valence-corrected chi connectivity index (χ3v) is 4.51. The smallest absolute Gasteiger partial charge is 0.387 e. The molecule has 1 amide bonds. The van der Waals surface area contributed by atoms with Crippen LogP contribution in [0.4, 0.5) is 8.78 Å². The van der Waals surface area contributed by atoms with Crippen molar-refractivity contribution in [1.82, 2.24) is 10.3 Å². The van der Waals surface area contributed by atoms with E-state index < -0.39 is 6.61 Å². The van der Waals surface area contributed by atoms with Gasteiger partial charge in [-0.2, -0.15) is 8.78 Å². The molecule has 124 valence electrons. The molecule has 1 unspecified atom stereocenters. The van der Waals surface area contributed by atoms with E-state index in [1.807, 2.05) is 12.1 Å². The number of pyridine rings is 1. The largest absolute Gasteiger partial charge is 0.435 e. The highest BCUT2D eigenvalue weighted by Gasteiger charge is 2.15.